The maximum Gasteiger partial charge on any atom is 0.416 e. The van der Waals surface area contributed by atoms with Gasteiger partial charge in [-0.25, -0.2) is 0 Å². The van der Waals surface area contributed by atoms with Crippen molar-refractivity contribution in [2.45, 2.75) is 96.8 Å². The van der Waals surface area contributed by atoms with Crippen LogP contribution in [0.4, 0.5) is 13.2 Å². The molecule has 0 aliphatic rings. The summed E-state index contributed by atoms with van der Waals surface area (Å²) in [4.78, 5) is 0. The van der Waals surface area contributed by atoms with E-state index in [0.29, 0.717) is 5.56 Å². The van der Waals surface area contributed by atoms with Crippen molar-refractivity contribution in [3.63, 3.8) is 0 Å². The molecule has 0 fully saturated rings. The van der Waals surface area contributed by atoms with E-state index in [1.807, 2.05) is 24.3 Å². The van der Waals surface area contributed by atoms with E-state index in [-0.39, 0.29) is 18.2 Å². The van der Waals surface area contributed by atoms with Gasteiger partial charge in [-0.15, -0.1) is 0 Å². The lowest BCUT2D eigenvalue weighted by Crippen LogP contribution is -3.04. The Labute approximate surface area is 203 Å². The highest BCUT2D eigenvalue weighted by Gasteiger charge is 2.29. The highest BCUT2D eigenvalue weighted by atomic mass is 19.4. The number of rotatable bonds is 14. The molecular formula is C29H38F3NO. The van der Waals surface area contributed by atoms with E-state index in [2.05, 4.69) is 18.8 Å². The minimum absolute atomic E-state index is 0.0282. The first kappa shape index (κ1) is 28.0. The van der Waals surface area contributed by atoms with E-state index in [4.69, 9.17) is 0 Å². The number of alkyl halides is 3. The minimum atomic E-state index is -4.36. The number of hydrogen-bond donors (Lipinski definition) is 1. The van der Waals surface area contributed by atoms with Gasteiger partial charge in [-0.1, -0.05) is 101 Å². The van der Waals surface area contributed by atoms with Crippen molar-refractivity contribution in [2.75, 3.05) is 0 Å². The second-order valence-corrected chi connectivity index (χ2v) is 9.02. The average Bonchev–Trinajstić information content (AvgIpc) is 2.80. The van der Waals surface area contributed by atoms with Crippen molar-refractivity contribution in [3.05, 3.63) is 76.0 Å². The number of hydrogen-bond acceptors (Lipinski definition) is 1. The Kier molecular flexibility index (Phi) is 12.8. The maximum atomic E-state index is 12.6. The zero-order valence-corrected chi connectivity index (χ0v) is 20.4. The summed E-state index contributed by atoms with van der Waals surface area (Å²) in [6.45, 7) is 2.63. The zero-order chi connectivity index (χ0) is 24.7. The SMILES string of the molecule is CCCCCCCCCCCCC#Cc1ccc(C[NH+]([O-])Cc2ccc(C(F)(F)F)cc2)cc1. The molecule has 0 aromatic heterocycles. The Balaban J connectivity index is 1.62. The van der Waals surface area contributed by atoms with Gasteiger partial charge in [0.1, 0.15) is 13.1 Å². The molecule has 5 heteroatoms. The van der Waals surface area contributed by atoms with Crippen LogP contribution < -0.4 is 5.06 Å². The van der Waals surface area contributed by atoms with Crippen molar-refractivity contribution in [3.8, 4) is 11.8 Å². The predicted octanol–water partition coefficient (Wildman–Crippen LogP) is 7.45. The number of benzene rings is 2. The van der Waals surface area contributed by atoms with Gasteiger partial charge in [-0.2, -0.15) is 13.2 Å². The summed E-state index contributed by atoms with van der Waals surface area (Å²) in [5.41, 5.74) is 1.71. The van der Waals surface area contributed by atoms with Crippen LogP contribution in [0, 0.1) is 17.0 Å². The number of halogens is 3. The summed E-state index contributed by atoms with van der Waals surface area (Å²) in [6, 6.07) is 12.4. The van der Waals surface area contributed by atoms with Crippen LogP contribution in [-0.4, -0.2) is 0 Å². The van der Waals surface area contributed by atoms with Gasteiger partial charge in [0.15, 0.2) is 0 Å². The van der Waals surface area contributed by atoms with Gasteiger partial charge in [0.2, 0.25) is 0 Å². The summed E-state index contributed by atoms with van der Waals surface area (Å²) in [6.07, 6.45) is 9.71. The standard InChI is InChI=1S/C29H38F3NO/c1-2-3-4-5-6-7-8-9-10-11-12-13-14-25-15-17-26(18-16-25)23-33(34)24-27-19-21-28(22-20-27)29(30,31)32/h15-22,33H,2-12,23-24H2,1H3. The Morgan fingerprint density at radius 1 is 0.706 bits per heavy atom. The molecule has 0 saturated carbocycles. The molecule has 1 atom stereocenters. The lowest BCUT2D eigenvalue weighted by molar-refractivity contribution is -0.876. The number of hydroxylamine groups is 2. The quantitative estimate of drug-likeness (QED) is 0.172. The fourth-order valence-corrected chi connectivity index (χ4v) is 3.90. The molecule has 0 spiro atoms. The van der Waals surface area contributed by atoms with E-state index < -0.39 is 11.7 Å². The van der Waals surface area contributed by atoms with Crippen molar-refractivity contribution in [2.24, 2.45) is 0 Å². The van der Waals surface area contributed by atoms with Crippen LogP contribution in [0.2, 0.25) is 0 Å². The van der Waals surface area contributed by atoms with E-state index in [9.17, 15) is 18.4 Å². The second-order valence-electron chi connectivity index (χ2n) is 9.02. The smallest absolute Gasteiger partial charge is 0.416 e. The Hall–Kier alpha value is -2.29. The summed E-state index contributed by atoms with van der Waals surface area (Å²) in [5, 5.41) is 12.3. The van der Waals surface area contributed by atoms with Crippen LogP contribution in [-0.2, 0) is 19.3 Å². The van der Waals surface area contributed by atoms with Crippen LogP contribution in [0.5, 0.6) is 0 Å². The third-order valence-corrected chi connectivity index (χ3v) is 5.93. The molecular weight excluding hydrogens is 435 g/mol. The molecule has 0 aliphatic carbocycles. The van der Waals surface area contributed by atoms with Gasteiger partial charge in [0.25, 0.3) is 0 Å². The molecule has 0 saturated heterocycles. The molecule has 0 heterocycles. The van der Waals surface area contributed by atoms with E-state index in [0.717, 1.165) is 36.1 Å². The molecule has 186 valence electrons. The highest BCUT2D eigenvalue weighted by molar-refractivity contribution is 5.36. The van der Waals surface area contributed by atoms with Crippen molar-refractivity contribution < 1.29 is 18.2 Å². The van der Waals surface area contributed by atoms with Crippen LogP contribution in [0.25, 0.3) is 0 Å². The predicted molar refractivity (Wildman–Crippen MR) is 133 cm³/mol. The Morgan fingerprint density at radius 2 is 1.18 bits per heavy atom. The summed E-state index contributed by atoms with van der Waals surface area (Å²) in [5.74, 6) is 6.42. The molecule has 2 aromatic rings. The first-order valence-electron chi connectivity index (χ1n) is 12.6. The highest BCUT2D eigenvalue weighted by Crippen LogP contribution is 2.29. The van der Waals surface area contributed by atoms with E-state index >= 15 is 0 Å². The monoisotopic (exact) mass is 473 g/mol. The van der Waals surface area contributed by atoms with Gasteiger partial charge >= 0.3 is 6.18 Å². The minimum Gasteiger partial charge on any atom is -0.634 e. The lowest BCUT2D eigenvalue weighted by Gasteiger charge is -2.22. The topological polar surface area (TPSA) is 27.5 Å². The van der Waals surface area contributed by atoms with Crippen molar-refractivity contribution in [1.82, 2.24) is 0 Å². The van der Waals surface area contributed by atoms with Gasteiger partial charge in [-0.05, 0) is 30.7 Å². The summed E-state index contributed by atoms with van der Waals surface area (Å²) >= 11 is 0. The third-order valence-electron chi connectivity index (χ3n) is 5.93. The fourth-order valence-electron chi connectivity index (χ4n) is 3.90. The molecule has 0 aliphatic heterocycles. The molecule has 2 rings (SSSR count). The summed E-state index contributed by atoms with van der Waals surface area (Å²) < 4.78 is 37.9. The Morgan fingerprint density at radius 3 is 1.68 bits per heavy atom. The lowest BCUT2D eigenvalue weighted by atomic mass is 10.1. The largest absolute Gasteiger partial charge is 0.634 e. The first-order valence-corrected chi connectivity index (χ1v) is 12.6. The zero-order valence-electron chi connectivity index (χ0n) is 20.4. The number of quaternary nitrogens is 1. The summed E-state index contributed by atoms with van der Waals surface area (Å²) in [7, 11) is 0. The van der Waals surface area contributed by atoms with Crippen LogP contribution >= 0.6 is 0 Å². The van der Waals surface area contributed by atoms with Crippen molar-refractivity contribution in [1.29, 1.82) is 0 Å². The molecule has 2 aromatic carbocycles. The van der Waals surface area contributed by atoms with Crippen LogP contribution in [0.3, 0.4) is 0 Å². The first-order chi connectivity index (χ1) is 16.4. The van der Waals surface area contributed by atoms with Gasteiger partial charge in [0.05, 0.1) is 5.56 Å². The molecule has 1 N–H and O–H groups in total. The van der Waals surface area contributed by atoms with E-state index in [1.165, 1.54) is 69.9 Å². The van der Waals surface area contributed by atoms with Crippen LogP contribution in [0.15, 0.2) is 48.5 Å². The third kappa shape index (κ3) is 11.7. The fraction of sp³-hybridized carbons (Fsp3) is 0.517. The van der Waals surface area contributed by atoms with E-state index in [1.54, 1.807) is 0 Å². The molecule has 0 amide bonds. The van der Waals surface area contributed by atoms with Gasteiger partial charge < -0.3 is 10.3 Å². The maximum absolute atomic E-state index is 12.6. The number of unbranched alkanes of at least 4 members (excludes halogenated alkanes) is 10. The molecule has 0 bridgehead atoms. The van der Waals surface area contributed by atoms with Crippen molar-refractivity contribution >= 4 is 0 Å². The molecule has 2 nitrogen and oxygen atoms in total. The Bertz CT molecular complexity index is 863. The molecule has 34 heavy (non-hydrogen) atoms. The van der Waals surface area contributed by atoms with Crippen LogP contribution in [0.1, 0.15) is 99.8 Å². The molecule has 0 radical (unpaired) electrons. The van der Waals surface area contributed by atoms with Gasteiger partial charge in [-0.3, -0.25) is 0 Å². The van der Waals surface area contributed by atoms with Gasteiger partial charge in [0, 0.05) is 23.1 Å². The normalized spacial score (nSPS) is 12.3. The molecule has 1 unspecified atom stereocenters. The average molecular weight is 474 g/mol. The second kappa shape index (κ2) is 15.6. The number of nitrogens with one attached hydrogen (secondary N) is 1.